The van der Waals surface area contributed by atoms with Crippen LogP contribution in [0.1, 0.15) is 45.3 Å². The van der Waals surface area contributed by atoms with Crippen LogP contribution in [0, 0.1) is 6.92 Å². The second-order valence-corrected chi connectivity index (χ2v) is 7.81. The number of carboxylic acid groups (broad SMARTS) is 2. The Morgan fingerprint density at radius 1 is 1.06 bits per heavy atom. The van der Waals surface area contributed by atoms with Crippen LogP contribution in [0.5, 0.6) is 0 Å². The number of carbonyl (C=O) groups excluding carboxylic acids is 1. The summed E-state index contributed by atoms with van der Waals surface area (Å²) in [5, 5.41) is 22.4. The van der Waals surface area contributed by atoms with E-state index in [9.17, 15) is 24.6 Å². The van der Waals surface area contributed by atoms with Gasteiger partial charge in [0.2, 0.25) is 5.91 Å². The fraction of sp³-hybridized carbons (Fsp3) is 0.200. The Balaban J connectivity index is 1.93. The van der Waals surface area contributed by atoms with Crippen molar-refractivity contribution in [1.29, 1.82) is 0 Å². The molecule has 0 saturated carbocycles. The van der Waals surface area contributed by atoms with Gasteiger partial charge in [-0.1, -0.05) is 6.07 Å². The number of rotatable bonds is 6. The summed E-state index contributed by atoms with van der Waals surface area (Å²) >= 11 is 0. The zero-order valence-electron chi connectivity index (χ0n) is 18.3. The maximum atomic E-state index is 12.5. The zero-order chi connectivity index (χ0) is 23.7. The van der Waals surface area contributed by atoms with Crippen molar-refractivity contribution in [2.75, 3.05) is 16.8 Å². The molecule has 3 aromatic rings. The van der Waals surface area contributed by atoms with Crippen LogP contribution in [0.3, 0.4) is 0 Å². The highest BCUT2D eigenvalue weighted by Gasteiger charge is 2.26. The Morgan fingerprint density at radius 2 is 1.85 bits per heavy atom. The Hall–Kier alpha value is -4.20. The number of benzene rings is 2. The van der Waals surface area contributed by atoms with Gasteiger partial charge in [-0.3, -0.25) is 9.78 Å². The van der Waals surface area contributed by atoms with Crippen LogP contribution in [0.2, 0.25) is 0 Å². The number of carbonyl (C=O) groups is 3. The number of nitrogens with zero attached hydrogens (tertiary/aromatic N) is 2. The van der Waals surface area contributed by atoms with Crippen molar-refractivity contribution in [2.45, 2.75) is 26.7 Å². The minimum Gasteiger partial charge on any atom is -0.478 e. The molecular weight excluding hydrogens is 422 g/mol. The molecule has 3 N–H and O–H groups in total. The molecule has 8 nitrogen and oxygen atoms in total. The Morgan fingerprint density at radius 3 is 2.52 bits per heavy atom. The molecule has 1 aromatic heterocycles. The SMILES string of the molecule is CCN1C(=O)CCc2cc(-c3ccnc(C)c3)c(Nc3cccc(C(=O)O)c3C(=O)O)cc21. The number of hydrogen-bond acceptors (Lipinski definition) is 5. The summed E-state index contributed by atoms with van der Waals surface area (Å²) in [5.41, 5.74) is 4.36. The first-order valence-corrected chi connectivity index (χ1v) is 10.6. The fourth-order valence-corrected chi connectivity index (χ4v) is 4.21. The summed E-state index contributed by atoms with van der Waals surface area (Å²) in [4.78, 5) is 42.0. The maximum Gasteiger partial charge on any atom is 0.338 e. The van der Waals surface area contributed by atoms with Gasteiger partial charge in [-0.15, -0.1) is 0 Å². The molecule has 33 heavy (non-hydrogen) atoms. The summed E-state index contributed by atoms with van der Waals surface area (Å²) in [6, 6.07) is 11.9. The highest BCUT2D eigenvalue weighted by Crippen LogP contribution is 2.40. The van der Waals surface area contributed by atoms with Gasteiger partial charge in [0.05, 0.1) is 16.8 Å². The predicted molar refractivity (Wildman–Crippen MR) is 124 cm³/mol. The second-order valence-electron chi connectivity index (χ2n) is 7.81. The number of nitrogens with one attached hydrogen (secondary N) is 1. The molecule has 168 valence electrons. The maximum absolute atomic E-state index is 12.5. The van der Waals surface area contributed by atoms with Gasteiger partial charge in [0, 0.05) is 41.8 Å². The Bertz CT molecular complexity index is 1290. The number of hydrogen-bond donors (Lipinski definition) is 3. The molecule has 1 amide bonds. The van der Waals surface area contributed by atoms with E-state index < -0.39 is 11.9 Å². The van der Waals surface area contributed by atoms with Crippen LogP contribution in [0.4, 0.5) is 17.1 Å². The molecular formula is C25H23N3O5. The van der Waals surface area contributed by atoms with Gasteiger partial charge >= 0.3 is 11.9 Å². The minimum atomic E-state index is -1.35. The lowest BCUT2D eigenvalue weighted by atomic mass is 9.94. The smallest absolute Gasteiger partial charge is 0.338 e. The lowest BCUT2D eigenvalue weighted by Gasteiger charge is -2.30. The van der Waals surface area contributed by atoms with Crippen molar-refractivity contribution < 1.29 is 24.6 Å². The molecule has 0 unspecified atom stereocenters. The van der Waals surface area contributed by atoms with Crippen LogP contribution >= 0.6 is 0 Å². The quantitative estimate of drug-likeness (QED) is 0.511. The van der Waals surface area contributed by atoms with Crippen LogP contribution in [-0.4, -0.2) is 39.6 Å². The van der Waals surface area contributed by atoms with Crippen molar-refractivity contribution in [3.8, 4) is 11.1 Å². The lowest BCUT2D eigenvalue weighted by molar-refractivity contribution is -0.118. The molecule has 0 atom stereocenters. The number of pyridine rings is 1. The lowest BCUT2D eigenvalue weighted by Crippen LogP contribution is -2.34. The third kappa shape index (κ3) is 4.15. The molecule has 4 rings (SSSR count). The van der Waals surface area contributed by atoms with Gasteiger partial charge in [-0.05, 0) is 67.8 Å². The number of aromatic nitrogens is 1. The van der Waals surface area contributed by atoms with Gasteiger partial charge in [-0.2, -0.15) is 0 Å². The fourth-order valence-electron chi connectivity index (χ4n) is 4.21. The topological polar surface area (TPSA) is 120 Å². The normalized spacial score (nSPS) is 12.9. The van der Waals surface area contributed by atoms with Crippen LogP contribution < -0.4 is 10.2 Å². The standard InChI is InChI=1S/C25H23N3O5/c1-3-28-21-13-20(27-19-6-4-5-17(24(30)31)23(19)25(32)33)18(12-16(21)7-8-22(28)29)15-9-10-26-14(2)11-15/h4-6,9-13,27H,3,7-8H2,1-2H3,(H,30,31)(H,32,33). The zero-order valence-corrected chi connectivity index (χ0v) is 18.3. The number of carboxylic acids is 2. The van der Waals surface area contributed by atoms with E-state index in [2.05, 4.69) is 10.3 Å². The van der Waals surface area contributed by atoms with Crippen molar-refractivity contribution in [3.05, 3.63) is 71.0 Å². The van der Waals surface area contributed by atoms with Crippen molar-refractivity contribution in [2.24, 2.45) is 0 Å². The van der Waals surface area contributed by atoms with Crippen LogP contribution in [0.15, 0.2) is 48.7 Å². The first-order chi connectivity index (χ1) is 15.8. The molecule has 8 heteroatoms. The average molecular weight is 445 g/mol. The number of fused-ring (bicyclic) bond motifs is 1. The monoisotopic (exact) mass is 445 g/mol. The van der Waals surface area contributed by atoms with Crippen LogP contribution in [-0.2, 0) is 11.2 Å². The molecule has 0 saturated heterocycles. The first kappa shape index (κ1) is 22.0. The van der Waals surface area contributed by atoms with E-state index in [4.69, 9.17) is 0 Å². The first-order valence-electron chi connectivity index (χ1n) is 10.6. The summed E-state index contributed by atoms with van der Waals surface area (Å²) in [5.74, 6) is -2.64. The van der Waals surface area contributed by atoms with E-state index in [0.29, 0.717) is 25.1 Å². The van der Waals surface area contributed by atoms with Gasteiger partial charge in [-0.25, -0.2) is 9.59 Å². The molecule has 0 bridgehead atoms. The van der Waals surface area contributed by atoms with E-state index in [0.717, 1.165) is 28.1 Å². The second kappa shape index (κ2) is 8.74. The number of aromatic carboxylic acids is 2. The van der Waals surface area contributed by atoms with Crippen molar-refractivity contribution in [1.82, 2.24) is 4.98 Å². The third-order valence-electron chi connectivity index (χ3n) is 5.72. The van der Waals surface area contributed by atoms with E-state index >= 15 is 0 Å². The molecule has 0 aliphatic carbocycles. The van der Waals surface area contributed by atoms with Crippen molar-refractivity contribution >= 4 is 34.9 Å². The molecule has 2 heterocycles. The van der Waals surface area contributed by atoms with Crippen LogP contribution in [0.25, 0.3) is 11.1 Å². The van der Waals surface area contributed by atoms with Crippen molar-refractivity contribution in [3.63, 3.8) is 0 Å². The molecule has 1 aliphatic rings. The highest BCUT2D eigenvalue weighted by atomic mass is 16.4. The van der Waals surface area contributed by atoms with E-state index in [-0.39, 0.29) is 22.7 Å². The largest absolute Gasteiger partial charge is 0.478 e. The molecule has 1 aliphatic heterocycles. The molecule has 0 fully saturated rings. The van der Waals surface area contributed by atoms with Gasteiger partial charge < -0.3 is 20.4 Å². The van der Waals surface area contributed by atoms with E-state index in [1.54, 1.807) is 11.1 Å². The predicted octanol–water partition coefficient (Wildman–Crippen LogP) is 4.50. The highest BCUT2D eigenvalue weighted by molar-refractivity contribution is 6.07. The Labute approximate surface area is 190 Å². The number of anilines is 3. The molecule has 2 aromatic carbocycles. The summed E-state index contributed by atoms with van der Waals surface area (Å²) in [6.07, 6.45) is 2.73. The van der Waals surface area contributed by atoms with Gasteiger partial charge in [0.1, 0.15) is 0 Å². The van der Waals surface area contributed by atoms with Gasteiger partial charge in [0.15, 0.2) is 0 Å². The molecule has 0 spiro atoms. The molecule has 0 radical (unpaired) electrons. The average Bonchev–Trinajstić information content (AvgIpc) is 2.78. The third-order valence-corrected chi connectivity index (χ3v) is 5.72. The number of amides is 1. The van der Waals surface area contributed by atoms with E-state index in [1.807, 2.05) is 38.1 Å². The summed E-state index contributed by atoms with van der Waals surface area (Å²) < 4.78 is 0. The number of aryl methyl sites for hydroxylation is 2. The minimum absolute atomic E-state index is 0.0301. The van der Waals surface area contributed by atoms with E-state index in [1.165, 1.54) is 18.2 Å². The Kier molecular flexibility index (Phi) is 5.83. The summed E-state index contributed by atoms with van der Waals surface area (Å²) in [7, 11) is 0. The summed E-state index contributed by atoms with van der Waals surface area (Å²) in [6.45, 7) is 4.29. The van der Waals surface area contributed by atoms with Gasteiger partial charge in [0.25, 0.3) is 0 Å².